The van der Waals surface area contributed by atoms with Crippen LogP contribution in [0.5, 0.6) is 11.5 Å². The molecule has 0 amide bonds. The van der Waals surface area contributed by atoms with Crippen LogP contribution >= 0.6 is 7.14 Å². The van der Waals surface area contributed by atoms with Crippen molar-refractivity contribution in [2.45, 2.75) is 66.7 Å². The summed E-state index contributed by atoms with van der Waals surface area (Å²) in [5, 5.41) is 0. The molecule has 2 unspecified atom stereocenters. The van der Waals surface area contributed by atoms with Crippen molar-refractivity contribution in [3.63, 3.8) is 0 Å². The Kier molecular flexibility index (Phi) is 9.77. The lowest BCUT2D eigenvalue weighted by Gasteiger charge is -2.27. The van der Waals surface area contributed by atoms with E-state index in [0.29, 0.717) is 29.4 Å². The van der Waals surface area contributed by atoms with Gasteiger partial charge in [0.15, 0.2) is 7.14 Å². The van der Waals surface area contributed by atoms with Gasteiger partial charge in [-0.05, 0) is 36.3 Å². The van der Waals surface area contributed by atoms with E-state index >= 15 is 0 Å². The fraction of sp³-hybridized carbons (Fsp3) is 0.696. The first-order chi connectivity index (χ1) is 13.1. The summed E-state index contributed by atoms with van der Waals surface area (Å²) in [6.07, 6.45) is 5.87. The zero-order chi connectivity index (χ0) is 21.4. The zero-order valence-electron chi connectivity index (χ0n) is 18.8. The Morgan fingerprint density at radius 2 is 1.64 bits per heavy atom. The maximum Gasteiger partial charge on any atom is 0.228 e. The first-order valence-corrected chi connectivity index (χ1v) is 12.5. The van der Waals surface area contributed by atoms with Gasteiger partial charge in [-0.1, -0.05) is 59.9 Å². The highest BCUT2D eigenvalue weighted by atomic mass is 31.2. The highest BCUT2D eigenvalue weighted by Gasteiger charge is 2.37. The van der Waals surface area contributed by atoms with E-state index in [9.17, 15) is 9.36 Å². The summed E-state index contributed by atoms with van der Waals surface area (Å²) < 4.78 is 24.9. The second-order valence-corrected chi connectivity index (χ2v) is 12.1. The van der Waals surface area contributed by atoms with Crippen molar-refractivity contribution < 1.29 is 18.8 Å². The van der Waals surface area contributed by atoms with Crippen molar-refractivity contribution in [1.82, 2.24) is 0 Å². The Labute approximate surface area is 171 Å². The van der Waals surface area contributed by atoms with Gasteiger partial charge < -0.3 is 14.0 Å². The second-order valence-electron chi connectivity index (χ2n) is 9.07. The number of methoxy groups -OCH3 is 2. The molecule has 28 heavy (non-hydrogen) atoms. The molecule has 0 saturated heterocycles. The lowest BCUT2D eigenvalue weighted by Crippen LogP contribution is -2.18. The first kappa shape index (κ1) is 24.8. The topological polar surface area (TPSA) is 52.6 Å². The normalized spacial score (nSPS) is 15.0. The summed E-state index contributed by atoms with van der Waals surface area (Å²) in [4.78, 5) is 13.6. The van der Waals surface area contributed by atoms with Gasteiger partial charge in [0.25, 0.3) is 0 Å². The molecule has 0 aliphatic rings. The molecule has 0 fully saturated rings. The summed E-state index contributed by atoms with van der Waals surface area (Å²) in [5.41, 5.74) is 0.172. The number of carbonyl (C=O) groups is 1. The van der Waals surface area contributed by atoms with E-state index in [1.165, 1.54) is 14.2 Å². The number of unbranched alkanes of at least 4 members (excludes halogenated alkanes) is 3. The molecule has 4 nitrogen and oxygen atoms in total. The Balaban J connectivity index is 3.23. The SMILES string of the molecule is CCCCCCP(=O)(CC(C)CC(C)(C)C)C(=O)c1c(OC)cccc1OC. The fourth-order valence-electron chi connectivity index (χ4n) is 3.95. The van der Waals surface area contributed by atoms with Crippen LogP contribution in [0.15, 0.2) is 18.2 Å². The van der Waals surface area contributed by atoms with Crippen LogP contribution in [0.25, 0.3) is 0 Å². The van der Waals surface area contributed by atoms with Crippen molar-refractivity contribution >= 4 is 12.7 Å². The molecule has 1 rings (SSSR count). The Bertz CT molecular complexity index is 653. The first-order valence-electron chi connectivity index (χ1n) is 10.4. The van der Waals surface area contributed by atoms with E-state index in [1.807, 2.05) is 0 Å². The highest BCUT2D eigenvalue weighted by molar-refractivity contribution is 7.81. The molecule has 0 aliphatic carbocycles. The Hall–Kier alpha value is -1.28. The molecule has 0 saturated carbocycles. The van der Waals surface area contributed by atoms with Crippen LogP contribution in [0.1, 0.15) is 77.1 Å². The minimum absolute atomic E-state index is 0.137. The molecular weight excluding hydrogens is 371 g/mol. The fourth-order valence-corrected chi connectivity index (χ4v) is 7.00. The van der Waals surface area contributed by atoms with Gasteiger partial charge in [0, 0.05) is 12.3 Å². The number of rotatable bonds is 12. The van der Waals surface area contributed by atoms with Crippen molar-refractivity contribution in [2.24, 2.45) is 11.3 Å². The van der Waals surface area contributed by atoms with Gasteiger partial charge in [-0.3, -0.25) is 4.79 Å². The van der Waals surface area contributed by atoms with Crippen LogP contribution in [0, 0.1) is 11.3 Å². The van der Waals surface area contributed by atoms with Gasteiger partial charge in [0.1, 0.15) is 17.1 Å². The summed E-state index contributed by atoms with van der Waals surface area (Å²) in [5.74, 6) is 1.07. The van der Waals surface area contributed by atoms with E-state index in [-0.39, 0.29) is 16.9 Å². The largest absolute Gasteiger partial charge is 0.496 e. The van der Waals surface area contributed by atoms with Crippen molar-refractivity contribution in [3.05, 3.63) is 23.8 Å². The van der Waals surface area contributed by atoms with Crippen LogP contribution < -0.4 is 9.47 Å². The summed E-state index contributed by atoms with van der Waals surface area (Å²) >= 11 is 0. The van der Waals surface area contributed by atoms with E-state index < -0.39 is 7.14 Å². The van der Waals surface area contributed by atoms with E-state index in [1.54, 1.807) is 18.2 Å². The van der Waals surface area contributed by atoms with Crippen LogP contribution in [-0.2, 0) is 4.57 Å². The molecule has 160 valence electrons. The maximum absolute atomic E-state index is 14.0. The van der Waals surface area contributed by atoms with E-state index in [0.717, 1.165) is 32.1 Å². The third-order valence-electron chi connectivity index (χ3n) is 4.95. The lowest BCUT2D eigenvalue weighted by atomic mass is 9.86. The van der Waals surface area contributed by atoms with Gasteiger partial charge in [-0.25, -0.2) is 0 Å². The molecule has 1 aromatic carbocycles. The molecule has 1 aromatic rings. The maximum atomic E-state index is 14.0. The standard InChI is InChI=1S/C23H39O4P/c1-8-9-10-11-15-28(25,17-18(2)16-23(3,4)5)22(24)21-19(26-6)13-12-14-20(21)27-7/h12-14,18H,8-11,15-17H2,1-7H3. The van der Waals surface area contributed by atoms with E-state index in [2.05, 4.69) is 34.6 Å². The molecule has 0 radical (unpaired) electrons. The lowest BCUT2D eigenvalue weighted by molar-refractivity contribution is 0.106. The molecular formula is C23H39O4P. The molecule has 5 heteroatoms. The quantitative estimate of drug-likeness (QED) is 0.279. The molecule has 0 N–H and O–H groups in total. The van der Waals surface area contributed by atoms with Crippen molar-refractivity contribution in [2.75, 3.05) is 26.5 Å². The van der Waals surface area contributed by atoms with Gasteiger partial charge in [0.2, 0.25) is 5.52 Å². The number of hydrogen-bond donors (Lipinski definition) is 0. The van der Waals surface area contributed by atoms with E-state index in [4.69, 9.17) is 9.47 Å². The van der Waals surface area contributed by atoms with Gasteiger partial charge in [0.05, 0.1) is 14.2 Å². The molecule has 0 heterocycles. The molecule has 0 bridgehead atoms. The van der Waals surface area contributed by atoms with Gasteiger partial charge in [-0.15, -0.1) is 0 Å². The summed E-state index contributed by atoms with van der Waals surface area (Å²) in [6.45, 7) is 10.8. The third kappa shape index (κ3) is 7.28. The van der Waals surface area contributed by atoms with Gasteiger partial charge >= 0.3 is 0 Å². The molecule has 0 aromatic heterocycles. The monoisotopic (exact) mass is 410 g/mol. The summed E-state index contributed by atoms with van der Waals surface area (Å²) in [7, 11) is -0.0383. The Morgan fingerprint density at radius 3 is 2.11 bits per heavy atom. The smallest absolute Gasteiger partial charge is 0.228 e. The predicted molar refractivity (Wildman–Crippen MR) is 119 cm³/mol. The number of carbonyl (C=O) groups excluding carboxylic acids is 1. The molecule has 0 aliphatic heterocycles. The average molecular weight is 411 g/mol. The molecule has 0 spiro atoms. The van der Waals surface area contributed by atoms with Crippen LogP contribution in [0.3, 0.4) is 0 Å². The van der Waals surface area contributed by atoms with Crippen LogP contribution in [0.4, 0.5) is 0 Å². The summed E-state index contributed by atoms with van der Waals surface area (Å²) in [6, 6.07) is 5.24. The Morgan fingerprint density at radius 1 is 1.07 bits per heavy atom. The zero-order valence-corrected chi connectivity index (χ0v) is 19.7. The highest BCUT2D eigenvalue weighted by Crippen LogP contribution is 2.54. The minimum Gasteiger partial charge on any atom is -0.496 e. The van der Waals surface area contributed by atoms with Crippen LogP contribution in [0.2, 0.25) is 0 Å². The number of benzene rings is 1. The van der Waals surface area contributed by atoms with Crippen molar-refractivity contribution in [3.8, 4) is 11.5 Å². The predicted octanol–water partition coefficient (Wildman–Crippen LogP) is 6.86. The minimum atomic E-state index is -3.09. The molecule has 2 atom stereocenters. The van der Waals surface area contributed by atoms with Crippen molar-refractivity contribution in [1.29, 1.82) is 0 Å². The second kappa shape index (κ2) is 11.0. The average Bonchev–Trinajstić information content (AvgIpc) is 2.62. The number of ether oxygens (including phenoxy) is 2. The van der Waals surface area contributed by atoms with Crippen LogP contribution in [-0.4, -0.2) is 32.1 Å². The third-order valence-corrected chi connectivity index (χ3v) is 8.17. The number of hydrogen-bond acceptors (Lipinski definition) is 4. The van der Waals surface area contributed by atoms with Gasteiger partial charge in [-0.2, -0.15) is 0 Å².